The van der Waals surface area contributed by atoms with Gasteiger partial charge < -0.3 is 10.5 Å². The lowest BCUT2D eigenvalue weighted by Crippen LogP contribution is -2.20. The molecule has 0 atom stereocenters. The molecular weight excluding hydrogens is 328 g/mol. The number of sulfonamides is 1. The summed E-state index contributed by atoms with van der Waals surface area (Å²) in [5.74, 6) is -0.146. The Morgan fingerprint density at radius 3 is 2.25 bits per heavy atom. The van der Waals surface area contributed by atoms with Crippen molar-refractivity contribution in [3.63, 3.8) is 0 Å². The minimum Gasteiger partial charge on any atom is -0.484 e. The van der Waals surface area contributed by atoms with Crippen LogP contribution in [0.3, 0.4) is 0 Å². The maximum Gasteiger partial charge on any atom is 0.261 e. The van der Waals surface area contributed by atoms with Gasteiger partial charge in [0.05, 0.1) is 4.90 Å². The number of carbonyl (C=O) groups excluding carboxylic acids is 1. The molecule has 24 heavy (non-hydrogen) atoms. The lowest BCUT2D eigenvalue weighted by atomic mass is 10.1. The first-order valence-corrected chi connectivity index (χ1v) is 9.02. The summed E-state index contributed by atoms with van der Waals surface area (Å²) in [6.45, 7) is 1.85. The first kappa shape index (κ1) is 17.8. The van der Waals surface area contributed by atoms with Crippen molar-refractivity contribution in [2.45, 2.75) is 24.7 Å². The second-order valence-electron chi connectivity index (χ2n) is 5.28. The van der Waals surface area contributed by atoms with Gasteiger partial charge in [-0.1, -0.05) is 25.5 Å². The number of benzene rings is 2. The van der Waals surface area contributed by atoms with Crippen LogP contribution in [0.4, 0.5) is 5.69 Å². The van der Waals surface area contributed by atoms with Crippen LogP contribution in [-0.2, 0) is 21.2 Å². The smallest absolute Gasteiger partial charge is 0.261 e. The molecule has 1 amide bonds. The van der Waals surface area contributed by atoms with E-state index in [2.05, 4.69) is 11.6 Å². The van der Waals surface area contributed by atoms with E-state index >= 15 is 0 Å². The predicted molar refractivity (Wildman–Crippen MR) is 92.4 cm³/mol. The molecule has 7 heteroatoms. The second-order valence-corrected chi connectivity index (χ2v) is 6.96. The van der Waals surface area contributed by atoms with Crippen molar-refractivity contribution in [1.82, 2.24) is 0 Å². The van der Waals surface area contributed by atoms with Crippen molar-refractivity contribution in [2.24, 2.45) is 5.73 Å². The predicted octanol–water partition coefficient (Wildman–Crippen LogP) is 2.30. The molecule has 0 fully saturated rings. The number of primary amides is 1. The maximum absolute atomic E-state index is 12.4. The summed E-state index contributed by atoms with van der Waals surface area (Å²) in [6.07, 6.45) is 1.93. The summed E-state index contributed by atoms with van der Waals surface area (Å²) >= 11 is 0. The van der Waals surface area contributed by atoms with Gasteiger partial charge in [0, 0.05) is 5.69 Å². The molecule has 0 saturated carbocycles. The highest BCUT2D eigenvalue weighted by molar-refractivity contribution is 7.92. The molecule has 0 aliphatic heterocycles. The highest BCUT2D eigenvalue weighted by atomic mass is 32.2. The molecule has 0 saturated heterocycles. The molecule has 3 N–H and O–H groups in total. The lowest BCUT2D eigenvalue weighted by Gasteiger charge is -2.10. The van der Waals surface area contributed by atoms with Crippen LogP contribution in [0.5, 0.6) is 5.75 Å². The Bertz CT molecular complexity index is 784. The maximum atomic E-state index is 12.4. The molecule has 6 nitrogen and oxygen atoms in total. The van der Waals surface area contributed by atoms with E-state index in [0.717, 1.165) is 18.4 Å². The van der Waals surface area contributed by atoms with Gasteiger partial charge in [0.2, 0.25) is 0 Å². The second kappa shape index (κ2) is 7.83. The molecule has 128 valence electrons. The largest absolute Gasteiger partial charge is 0.484 e. The van der Waals surface area contributed by atoms with Crippen LogP contribution in [0.25, 0.3) is 0 Å². The summed E-state index contributed by atoms with van der Waals surface area (Å²) in [7, 11) is -3.65. The number of amides is 1. The molecule has 0 unspecified atom stereocenters. The highest BCUT2D eigenvalue weighted by Gasteiger charge is 2.14. The Morgan fingerprint density at radius 2 is 1.71 bits per heavy atom. The third kappa shape index (κ3) is 4.99. The molecule has 0 spiro atoms. The number of hydrogen-bond donors (Lipinski definition) is 2. The standard InChI is InChI=1S/C17H20N2O4S/c1-2-3-13-4-10-16(11-5-13)24(21,22)19-14-6-8-15(9-7-14)23-12-17(18)20/h4-11,19H,2-3,12H2,1H3,(H2,18,20). The third-order valence-electron chi connectivity index (χ3n) is 3.26. The number of ether oxygens (including phenoxy) is 1. The molecule has 0 radical (unpaired) electrons. The number of aryl methyl sites for hydroxylation is 1. The topological polar surface area (TPSA) is 98.5 Å². The van der Waals surface area contributed by atoms with Gasteiger partial charge in [0.1, 0.15) is 5.75 Å². The third-order valence-corrected chi connectivity index (χ3v) is 4.66. The summed E-state index contributed by atoms with van der Waals surface area (Å²) in [6, 6.07) is 13.1. The Labute approximate surface area is 141 Å². The molecule has 0 aromatic heterocycles. The Balaban J connectivity index is 2.06. The van der Waals surface area contributed by atoms with Gasteiger partial charge >= 0.3 is 0 Å². The van der Waals surface area contributed by atoms with E-state index in [1.165, 1.54) is 0 Å². The first-order valence-electron chi connectivity index (χ1n) is 7.53. The summed E-state index contributed by atoms with van der Waals surface area (Å²) in [4.78, 5) is 10.9. The van der Waals surface area contributed by atoms with Crippen LogP contribution in [0.15, 0.2) is 53.4 Å². The number of carbonyl (C=O) groups is 1. The van der Waals surface area contributed by atoms with Crippen LogP contribution < -0.4 is 15.2 Å². The zero-order chi connectivity index (χ0) is 17.6. The zero-order valence-corrected chi connectivity index (χ0v) is 14.2. The SMILES string of the molecule is CCCc1ccc(S(=O)(=O)Nc2ccc(OCC(N)=O)cc2)cc1. The Hall–Kier alpha value is -2.54. The van der Waals surface area contributed by atoms with Gasteiger partial charge in [-0.15, -0.1) is 0 Å². The molecule has 0 bridgehead atoms. The van der Waals surface area contributed by atoms with Crippen LogP contribution in [0.1, 0.15) is 18.9 Å². The molecule has 0 heterocycles. The molecule has 2 rings (SSSR count). The molecule has 0 aliphatic carbocycles. The van der Waals surface area contributed by atoms with Crippen molar-refractivity contribution in [1.29, 1.82) is 0 Å². The average Bonchev–Trinajstić information content (AvgIpc) is 2.55. The zero-order valence-electron chi connectivity index (χ0n) is 13.4. The number of anilines is 1. The number of rotatable bonds is 8. The molecule has 2 aromatic carbocycles. The van der Waals surface area contributed by atoms with Crippen molar-refractivity contribution < 1.29 is 17.9 Å². The lowest BCUT2D eigenvalue weighted by molar-refractivity contribution is -0.119. The fraction of sp³-hybridized carbons (Fsp3) is 0.235. The van der Waals surface area contributed by atoms with E-state index in [-0.39, 0.29) is 11.5 Å². The normalized spacial score (nSPS) is 11.0. The van der Waals surface area contributed by atoms with E-state index in [0.29, 0.717) is 11.4 Å². The van der Waals surface area contributed by atoms with Crippen molar-refractivity contribution >= 4 is 21.6 Å². The van der Waals surface area contributed by atoms with Crippen LogP contribution in [-0.4, -0.2) is 20.9 Å². The Kier molecular flexibility index (Phi) is 5.81. The van der Waals surface area contributed by atoms with E-state index in [1.54, 1.807) is 36.4 Å². The fourth-order valence-electron chi connectivity index (χ4n) is 2.11. The van der Waals surface area contributed by atoms with Crippen LogP contribution in [0.2, 0.25) is 0 Å². The average molecular weight is 348 g/mol. The van der Waals surface area contributed by atoms with E-state index in [1.807, 2.05) is 12.1 Å². The number of nitrogens with one attached hydrogen (secondary N) is 1. The summed E-state index contributed by atoms with van der Waals surface area (Å²) in [5.41, 5.74) is 6.50. The van der Waals surface area contributed by atoms with Crippen LogP contribution in [0, 0.1) is 0 Å². The molecule has 2 aromatic rings. The van der Waals surface area contributed by atoms with Crippen molar-refractivity contribution in [3.8, 4) is 5.75 Å². The fourth-order valence-corrected chi connectivity index (χ4v) is 3.17. The van der Waals surface area contributed by atoms with Crippen molar-refractivity contribution in [3.05, 3.63) is 54.1 Å². The van der Waals surface area contributed by atoms with E-state index in [9.17, 15) is 13.2 Å². The number of nitrogens with two attached hydrogens (primary N) is 1. The van der Waals surface area contributed by atoms with E-state index < -0.39 is 15.9 Å². The van der Waals surface area contributed by atoms with Gasteiger partial charge in [-0.25, -0.2) is 8.42 Å². The molecule has 0 aliphatic rings. The van der Waals surface area contributed by atoms with Gasteiger partial charge in [-0.2, -0.15) is 0 Å². The van der Waals surface area contributed by atoms with E-state index in [4.69, 9.17) is 10.5 Å². The van der Waals surface area contributed by atoms with Crippen LogP contribution >= 0.6 is 0 Å². The monoisotopic (exact) mass is 348 g/mol. The minimum absolute atomic E-state index is 0.205. The Morgan fingerprint density at radius 1 is 1.08 bits per heavy atom. The van der Waals surface area contributed by atoms with Crippen molar-refractivity contribution in [2.75, 3.05) is 11.3 Å². The summed E-state index contributed by atoms with van der Waals surface area (Å²) in [5, 5.41) is 0. The quantitative estimate of drug-likeness (QED) is 0.765. The van der Waals surface area contributed by atoms with Gasteiger partial charge in [-0.05, 0) is 48.4 Å². The first-order chi connectivity index (χ1) is 11.4. The minimum atomic E-state index is -3.65. The molecular formula is C17H20N2O4S. The van der Waals surface area contributed by atoms with Gasteiger partial charge in [0.25, 0.3) is 15.9 Å². The van der Waals surface area contributed by atoms with Gasteiger partial charge in [0.15, 0.2) is 6.61 Å². The van der Waals surface area contributed by atoms with Gasteiger partial charge in [-0.3, -0.25) is 9.52 Å². The highest BCUT2D eigenvalue weighted by Crippen LogP contribution is 2.20. The number of hydrogen-bond acceptors (Lipinski definition) is 4. The summed E-state index contributed by atoms with van der Waals surface area (Å²) < 4.78 is 32.4.